The number of amides is 1. The molecule has 0 bridgehead atoms. The number of fused-ring (bicyclic) bond motifs is 1. The highest BCUT2D eigenvalue weighted by Crippen LogP contribution is 2.24. The summed E-state index contributed by atoms with van der Waals surface area (Å²) in [5.41, 5.74) is 0.498. The van der Waals surface area contributed by atoms with Gasteiger partial charge in [0.15, 0.2) is 0 Å². The molecule has 5 nitrogen and oxygen atoms in total. The van der Waals surface area contributed by atoms with Crippen molar-refractivity contribution < 1.29 is 4.79 Å². The third-order valence-corrected chi connectivity index (χ3v) is 3.93. The van der Waals surface area contributed by atoms with Gasteiger partial charge >= 0.3 is 0 Å². The number of carbonyl (C=O) groups excluding carboxylic acids is 1. The Morgan fingerprint density at radius 3 is 2.70 bits per heavy atom. The van der Waals surface area contributed by atoms with Gasteiger partial charge in [-0.25, -0.2) is 5.10 Å². The van der Waals surface area contributed by atoms with Crippen LogP contribution in [0, 0.1) is 5.92 Å². The van der Waals surface area contributed by atoms with E-state index in [0.717, 1.165) is 31.1 Å². The number of nitrogens with one attached hydrogen (secondary N) is 2. The van der Waals surface area contributed by atoms with E-state index in [0.29, 0.717) is 17.6 Å². The highest BCUT2D eigenvalue weighted by Gasteiger charge is 2.22. The van der Waals surface area contributed by atoms with E-state index in [1.54, 1.807) is 6.07 Å². The van der Waals surface area contributed by atoms with Gasteiger partial charge in [-0.05, 0) is 18.9 Å². The first-order valence-electron chi connectivity index (χ1n) is 7.00. The quantitative estimate of drug-likeness (QED) is 0.892. The number of aromatic amines is 1. The van der Waals surface area contributed by atoms with Crippen molar-refractivity contribution in [2.45, 2.75) is 32.2 Å². The molecule has 3 rings (SSSR count). The molecule has 2 aromatic rings. The van der Waals surface area contributed by atoms with Crippen molar-refractivity contribution in [3.8, 4) is 0 Å². The van der Waals surface area contributed by atoms with Gasteiger partial charge in [0.2, 0.25) is 5.91 Å². The van der Waals surface area contributed by atoms with Crippen LogP contribution in [0.25, 0.3) is 10.8 Å². The molecule has 0 unspecified atom stereocenters. The summed E-state index contributed by atoms with van der Waals surface area (Å²) < 4.78 is 0. The van der Waals surface area contributed by atoms with E-state index in [4.69, 9.17) is 0 Å². The molecule has 0 atom stereocenters. The van der Waals surface area contributed by atoms with E-state index in [-0.39, 0.29) is 17.4 Å². The lowest BCUT2D eigenvalue weighted by molar-refractivity contribution is -0.124. The highest BCUT2D eigenvalue weighted by molar-refractivity contribution is 5.84. The third kappa shape index (κ3) is 2.43. The first-order chi connectivity index (χ1) is 9.75. The molecular formula is C15H17N3O2. The molecule has 2 N–H and O–H groups in total. The number of nitrogens with zero attached hydrogens (tertiary/aromatic N) is 1. The third-order valence-electron chi connectivity index (χ3n) is 3.93. The van der Waals surface area contributed by atoms with Crippen molar-refractivity contribution >= 4 is 16.7 Å². The van der Waals surface area contributed by atoms with Crippen molar-refractivity contribution in [2.24, 2.45) is 5.92 Å². The molecule has 1 amide bonds. The molecule has 1 saturated carbocycles. The molecule has 1 heterocycles. The summed E-state index contributed by atoms with van der Waals surface area (Å²) in [7, 11) is 0. The molecule has 0 aliphatic heterocycles. The lowest BCUT2D eigenvalue weighted by Crippen LogP contribution is -2.29. The molecule has 1 fully saturated rings. The van der Waals surface area contributed by atoms with Crippen LogP contribution < -0.4 is 10.9 Å². The molecule has 0 spiro atoms. The van der Waals surface area contributed by atoms with E-state index < -0.39 is 0 Å². The van der Waals surface area contributed by atoms with Crippen LogP contribution in [0.15, 0.2) is 29.1 Å². The average molecular weight is 271 g/mol. The van der Waals surface area contributed by atoms with Gasteiger partial charge in [0.25, 0.3) is 5.56 Å². The van der Waals surface area contributed by atoms with Crippen LogP contribution in [0.1, 0.15) is 31.4 Å². The topological polar surface area (TPSA) is 74.8 Å². The Morgan fingerprint density at radius 1 is 1.25 bits per heavy atom. The van der Waals surface area contributed by atoms with Crippen molar-refractivity contribution in [1.29, 1.82) is 0 Å². The van der Waals surface area contributed by atoms with Crippen molar-refractivity contribution in [1.82, 2.24) is 15.5 Å². The summed E-state index contributed by atoms with van der Waals surface area (Å²) in [6.45, 7) is 0.354. The van der Waals surface area contributed by atoms with Gasteiger partial charge in [0.05, 0.1) is 17.6 Å². The van der Waals surface area contributed by atoms with Crippen LogP contribution in [0.5, 0.6) is 0 Å². The lowest BCUT2D eigenvalue weighted by atomic mass is 10.1. The SMILES string of the molecule is O=C(NCc1n[nH]c(=O)c2ccccc12)C1CCCC1. The smallest absolute Gasteiger partial charge is 0.272 e. The Morgan fingerprint density at radius 2 is 1.95 bits per heavy atom. The summed E-state index contributed by atoms with van der Waals surface area (Å²) in [5.74, 6) is 0.239. The number of hydrogen-bond donors (Lipinski definition) is 2. The Balaban J connectivity index is 1.79. The summed E-state index contributed by atoms with van der Waals surface area (Å²) >= 11 is 0. The molecule has 1 aliphatic carbocycles. The minimum absolute atomic E-state index is 0.0968. The Labute approximate surface area is 116 Å². The van der Waals surface area contributed by atoms with Crippen LogP contribution in [0.2, 0.25) is 0 Å². The predicted octanol–water partition coefficient (Wildman–Crippen LogP) is 1.73. The van der Waals surface area contributed by atoms with Crippen LogP contribution in [-0.4, -0.2) is 16.1 Å². The Kier molecular flexibility index (Phi) is 3.50. The number of carbonyl (C=O) groups is 1. The highest BCUT2D eigenvalue weighted by atomic mass is 16.2. The second kappa shape index (κ2) is 5.45. The molecule has 1 aromatic heterocycles. The first kappa shape index (κ1) is 12.8. The molecule has 5 heteroatoms. The minimum atomic E-state index is -0.202. The minimum Gasteiger partial charge on any atom is -0.350 e. The van der Waals surface area contributed by atoms with Gasteiger partial charge < -0.3 is 5.32 Å². The second-order valence-electron chi connectivity index (χ2n) is 5.24. The summed E-state index contributed by atoms with van der Waals surface area (Å²) in [4.78, 5) is 23.7. The van der Waals surface area contributed by atoms with Gasteiger partial charge in [0, 0.05) is 11.3 Å². The molecule has 1 aliphatic rings. The number of benzene rings is 1. The number of hydrogen-bond acceptors (Lipinski definition) is 3. The maximum Gasteiger partial charge on any atom is 0.272 e. The van der Waals surface area contributed by atoms with Gasteiger partial charge in [-0.1, -0.05) is 31.0 Å². The van der Waals surface area contributed by atoms with Gasteiger partial charge in [-0.2, -0.15) is 5.10 Å². The van der Waals surface area contributed by atoms with Crippen molar-refractivity contribution in [2.75, 3.05) is 0 Å². The van der Waals surface area contributed by atoms with E-state index in [2.05, 4.69) is 15.5 Å². The molecule has 0 saturated heterocycles. The zero-order valence-electron chi connectivity index (χ0n) is 11.2. The Hall–Kier alpha value is -2.17. The van der Waals surface area contributed by atoms with Crippen LogP contribution >= 0.6 is 0 Å². The van der Waals surface area contributed by atoms with Crippen molar-refractivity contribution in [3.63, 3.8) is 0 Å². The fraction of sp³-hybridized carbons (Fsp3) is 0.400. The molecule has 1 aromatic carbocycles. The Bertz CT molecular complexity index is 687. The maximum absolute atomic E-state index is 12.0. The van der Waals surface area contributed by atoms with E-state index in [9.17, 15) is 9.59 Å². The van der Waals surface area contributed by atoms with Crippen molar-refractivity contribution in [3.05, 3.63) is 40.3 Å². The standard InChI is InChI=1S/C15H17N3O2/c19-14(10-5-1-2-6-10)16-9-13-11-7-3-4-8-12(11)15(20)18-17-13/h3-4,7-8,10H,1-2,5-6,9H2,(H,16,19)(H,18,20). The number of aromatic nitrogens is 2. The van der Waals surface area contributed by atoms with Crippen LogP contribution in [0.3, 0.4) is 0 Å². The number of rotatable bonds is 3. The normalized spacial score (nSPS) is 15.6. The predicted molar refractivity (Wildman–Crippen MR) is 76.2 cm³/mol. The summed E-state index contributed by atoms with van der Waals surface area (Å²) in [6, 6.07) is 7.30. The fourth-order valence-electron chi connectivity index (χ4n) is 2.81. The summed E-state index contributed by atoms with van der Waals surface area (Å²) in [6.07, 6.45) is 4.23. The zero-order chi connectivity index (χ0) is 13.9. The first-order valence-corrected chi connectivity index (χ1v) is 7.00. The average Bonchev–Trinajstić information content (AvgIpc) is 3.01. The second-order valence-corrected chi connectivity index (χ2v) is 5.24. The number of H-pyrrole nitrogens is 1. The van der Waals surface area contributed by atoms with E-state index >= 15 is 0 Å². The van der Waals surface area contributed by atoms with Crippen LogP contribution in [-0.2, 0) is 11.3 Å². The molecule has 0 radical (unpaired) electrons. The molecular weight excluding hydrogens is 254 g/mol. The van der Waals surface area contributed by atoms with Gasteiger partial charge in [-0.3, -0.25) is 9.59 Å². The maximum atomic E-state index is 12.0. The lowest BCUT2D eigenvalue weighted by Gasteiger charge is -2.10. The van der Waals surface area contributed by atoms with Gasteiger partial charge in [-0.15, -0.1) is 0 Å². The van der Waals surface area contributed by atoms with E-state index in [1.807, 2.05) is 18.2 Å². The molecule has 20 heavy (non-hydrogen) atoms. The largest absolute Gasteiger partial charge is 0.350 e. The zero-order valence-corrected chi connectivity index (χ0v) is 11.2. The fourth-order valence-corrected chi connectivity index (χ4v) is 2.81. The van der Waals surface area contributed by atoms with Crippen LogP contribution in [0.4, 0.5) is 0 Å². The van der Waals surface area contributed by atoms with Gasteiger partial charge in [0.1, 0.15) is 0 Å². The summed E-state index contributed by atoms with van der Waals surface area (Å²) in [5, 5.41) is 10.9. The van der Waals surface area contributed by atoms with E-state index in [1.165, 1.54) is 0 Å². The monoisotopic (exact) mass is 271 g/mol. The molecule has 104 valence electrons.